The Morgan fingerprint density at radius 2 is 2.06 bits per heavy atom. The zero-order valence-corrected chi connectivity index (χ0v) is 19.5. The van der Waals surface area contributed by atoms with E-state index in [0.29, 0.717) is 12.0 Å². The molecule has 2 N–H and O–H groups in total. The molecule has 8 nitrogen and oxygen atoms in total. The number of aliphatic hydroxyl groups is 2. The Bertz CT molecular complexity index is 950. The first kappa shape index (κ1) is 25.1. The zero-order valence-electron chi connectivity index (χ0n) is 18.7. The highest BCUT2D eigenvalue weighted by molar-refractivity contribution is 7.89. The van der Waals surface area contributed by atoms with Gasteiger partial charge in [0.25, 0.3) is 0 Å². The van der Waals surface area contributed by atoms with Crippen LogP contribution in [0.5, 0.6) is 5.75 Å². The highest BCUT2D eigenvalue weighted by atomic mass is 32.2. The number of carbonyl (C=O) groups excluding carboxylic acids is 1. The summed E-state index contributed by atoms with van der Waals surface area (Å²) < 4.78 is 34.2. The van der Waals surface area contributed by atoms with Crippen molar-refractivity contribution >= 4 is 15.9 Å². The molecule has 0 spiro atoms. The fourth-order valence-corrected chi connectivity index (χ4v) is 5.18. The number of nitrogens with zero attached hydrogens (tertiary/aromatic N) is 2. The fourth-order valence-electron chi connectivity index (χ4n) is 3.35. The number of hydrogen-bond acceptors (Lipinski definition) is 6. The van der Waals surface area contributed by atoms with Gasteiger partial charge < -0.3 is 19.8 Å². The molecule has 1 aromatic rings. The summed E-state index contributed by atoms with van der Waals surface area (Å²) in [5.74, 6) is 5.28. The molecule has 172 valence electrons. The standard InChI is InChI=1S/C22H32N2O6S/c1-6-22(27)23(5)13-20-15(2)12-24(16(3)14-25)31(28,29)21-10-9-18(8-7-17(4)26)11-19(21)30-20/h9-11,15-17,20,25-26H,6,12-14H2,1-5H3/t15-,16+,17-,20-/m0/s1. The van der Waals surface area contributed by atoms with E-state index < -0.39 is 28.3 Å². The van der Waals surface area contributed by atoms with Gasteiger partial charge in [0.15, 0.2) is 0 Å². The minimum absolute atomic E-state index is 0.0169. The smallest absolute Gasteiger partial charge is 0.247 e. The summed E-state index contributed by atoms with van der Waals surface area (Å²) in [5, 5.41) is 19.1. The summed E-state index contributed by atoms with van der Waals surface area (Å²) in [7, 11) is -2.25. The van der Waals surface area contributed by atoms with Crippen LogP contribution in [0.4, 0.5) is 0 Å². The summed E-state index contributed by atoms with van der Waals surface area (Å²) in [6.07, 6.45) is -0.938. The van der Waals surface area contributed by atoms with Crippen molar-refractivity contribution in [2.24, 2.45) is 5.92 Å². The zero-order chi connectivity index (χ0) is 23.3. The first-order valence-corrected chi connectivity index (χ1v) is 11.8. The minimum Gasteiger partial charge on any atom is -0.487 e. The Balaban J connectivity index is 2.58. The number of fused-ring (bicyclic) bond motifs is 1. The van der Waals surface area contributed by atoms with Gasteiger partial charge in [-0.05, 0) is 32.0 Å². The number of carbonyl (C=O) groups is 1. The largest absolute Gasteiger partial charge is 0.487 e. The second-order valence-electron chi connectivity index (χ2n) is 7.97. The van der Waals surface area contributed by atoms with Crippen LogP contribution in [-0.4, -0.2) is 78.7 Å². The third-order valence-corrected chi connectivity index (χ3v) is 7.29. The number of sulfonamides is 1. The number of ether oxygens (including phenoxy) is 1. The number of likely N-dealkylation sites (N-methyl/N-ethyl adjacent to an activating group) is 1. The van der Waals surface area contributed by atoms with E-state index in [1.807, 2.05) is 6.92 Å². The van der Waals surface area contributed by atoms with Crippen LogP contribution in [0.15, 0.2) is 23.1 Å². The number of amides is 1. The first-order valence-electron chi connectivity index (χ1n) is 10.4. The van der Waals surface area contributed by atoms with Crippen molar-refractivity contribution in [3.05, 3.63) is 23.8 Å². The molecule has 2 rings (SSSR count). The van der Waals surface area contributed by atoms with Crippen molar-refractivity contribution in [2.75, 3.05) is 26.7 Å². The molecule has 0 aromatic heterocycles. The summed E-state index contributed by atoms with van der Waals surface area (Å²) in [4.78, 5) is 13.7. The predicted molar refractivity (Wildman–Crippen MR) is 117 cm³/mol. The summed E-state index contributed by atoms with van der Waals surface area (Å²) >= 11 is 0. The van der Waals surface area contributed by atoms with E-state index in [1.165, 1.54) is 23.4 Å². The van der Waals surface area contributed by atoms with Crippen molar-refractivity contribution in [1.82, 2.24) is 9.21 Å². The maximum absolute atomic E-state index is 13.4. The molecule has 0 saturated heterocycles. The van der Waals surface area contributed by atoms with Gasteiger partial charge in [0.2, 0.25) is 15.9 Å². The monoisotopic (exact) mass is 452 g/mol. The Hall–Kier alpha value is -2.12. The molecule has 0 aliphatic carbocycles. The lowest BCUT2D eigenvalue weighted by molar-refractivity contribution is -0.131. The summed E-state index contributed by atoms with van der Waals surface area (Å²) in [5.41, 5.74) is 0.501. The highest BCUT2D eigenvalue weighted by Crippen LogP contribution is 2.34. The maximum Gasteiger partial charge on any atom is 0.247 e. The van der Waals surface area contributed by atoms with E-state index in [0.717, 1.165) is 0 Å². The molecule has 0 fully saturated rings. The van der Waals surface area contributed by atoms with Crippen molar-refractivity contribution < 1.29 is 28.2 Å². The molecule has 1 heterocycles. The number of aliphatic hydroxyl groups excluding tert-OH is 2. The van der Waals surface area contributed by atoms with Crippen LogP contribution in [-0.2, 0) is 14.8 Å². The van der Waals surface area contributed by atoms with Crippen LogP contribution in [0.25, 0.3) is 0 Å². The average Bonchev–Trinajstić information content (AvgIpc) is 2.73. The molecule has 0 unspecified atom stereocenters. The molecular weight excluding hydrogens is 420 g/mol. The SMILES string of the molecule is CCC(=O)N(C)C[C@@H]1Oc2cc(C#C[C@H](C)O)ccc2S(=O)(=O)N([C@H](C)CO)C[C@@H]1C. The Morgan fingerprint density at radius 3 is 2.65 bits per heavy atom. The lowest BCUT2D eigenvalue weighted by Gasteiger charge is -2.37. The van der Waals surface area contributed by atoms with E-state index in [4.69, 9.17) is 4.74 Å². The molecule has 1 amide bonds. The van der Waals surface area contributed by atoms with Gasteiger partial charge in [0.05, 0.1) is 13.2 Å². The fraction of sp³-hybridized carbons (Fsp3) is 0.591. The third kappa shape index (κ3) is 5.98. The molecule has 0 bridgehead atoms. The molecule has 1 aliphatic rings. The molecule has 1 aliphatic heterocycles. The van der Waals surface area contributed by atoms with E-state index in [9.17, 15) is 23.4 Å². The van der Waals surface area contributed by atoms with Crippen LogP contribution >= 0.6 is 0 Å². The van der Waals surface area contributed by atoms with Crippen LogP contribution in [0, 0.1) is 17.8 Å². The van der Waals surface area contributed by atoms with Crippen LogP contribution in [0.2, 0.25) is 0 Å². The summed E-state index contributed by atoms with van der Waals surface area (Å²) in [6, 6.07) is 3.91. The molecular formula is C22H32N2O6S. The van der Waals surface area contributed by atoms with Crippen LogP contribution < -0.4 is 4.74 Å². The van der Waals surface area contributed by atoms with Gasteiger partial charge in [0.1, 0.15) is 22.9 Å². The Kier molecular flexibility index (Phi) is 8.49. The van der Waals surface area contributed by atoms with E-state index in [1.54, 1.807) is 31.9 Å². The van der Waals surface area contributed by atoms with E-state index >= 15 is 0 Å². The van der Waals surface area contributed by atoms with Crippen molar-refractivity contribution in [2.45, 2.75) is 57.3 Å². The second-order valence-corrected chi connectivity index (χ2v) is 9.83. The predicted octanol–water partition coefficient (Wildman–Crippen LogP) is 1.06. The van der Waals surface area contributed by atoms with E-state index in [-0.39, 0.29) is 42.2 Å². The molecule has 31 heavy (non-hydrogen) atoms. The normalized spacial score (nSPS) is 22.5. The van der Waals surface area contributed by atoms with Gasteiger partial charge in [-0.3, -0.25) is 4.79 Å². The van der Waals surface area contributed by atoms with Crippen LogP contribution in [0.1, 0.15) is 39.7 Å². The number of hydrogen-bond donors (Lipinski definition) is 2. The first-order chi connectivity index (χ1) is 14.5. The van der Waals surface area contributed by atoms with Crippen molar-refractivity contribution in [3.8, 4) is 17.6 Å². The Morgan fingerprint density at radius 1 is 1.39 bits per heavy atom. The molecule has 0 radical (unpaired) electrons. The van der Waals surface area contributed by atoms with E-state index in [2.05, 4.69) is 11.8 Å². The van der Waals surface area contributed by atoms with Gasteiger partial charge in [-0.25, -0.2) is 8.42 Å². The van der Waals surface area contributed by atoms with Crippen LogP contribution in [0.3, 0.4) is 0 Å². The Labute approximate surface area is 184 Å². The summed E-state index contributed by atoms with van der Waals surface area (Å²) in [6.45, 7) is 6.94. The van der Waals surface area contributed by atoms with Gasteiger partial charge in [0, 0.05) is 37.5 Å². The molecule has 1 aromatic carbocycles. The number of rotatable bonds is 5. The minimum atomic E-state index is -3.94. The quantitative estimate of drug-likeness (QED) is 0.647. The third-order valence-electron chi connectivity index (χ3n) is 5.27. The molecule has 0 saturated carbocycles. The second kappa shape index (κ2) is 10.5. The topological polar surface area (TPSA) is 107 Å². The lowest BCUT2D eigenvalue weighted by Crippen LogP contribution is -2.50. The van der Waals surface area contributed by atoms with Gasteiger partial charge in [-0.15, -0.1) is 0 Å². The van der Waals surface area contributed by atoms with Crippen molar-refractivity contribution in [1.29, 1.82) is 0 Å². The highest BCUT2D eigenvalue weighted by Gasteiger charge is 2.38. The lowest BCUT2D eigenvalue weighted by atomic mass is 10.0. The van der Waals surface area contributed by atoms with Crippen molar-refractivity contribution in [3.63, 3.8) is 0 Å². The van der Waals surface area contributed by atoms with Gasteiger partial charge in [-0.2, -0.15) is 4.31 Å². The molecule has 4 atom stereocenters. The molecule has 9 heteroatoms. The average molecular weight is 453 g/mol. The van der Waals surface area contributed by atoms with Gasteiger partial charge >= 0.3 is 0 Å². The maximum atomic E-state index is 13.4. The number of benzene rings is 1. The van der Waals surface area contributed by atoms with Gasteiger partial charge in [-0.1, -0.05) is 25.7 Å².